The van der Waals surface area contributed by atoms with E-state index in [1.807, 2.05) is 23.4 Å². The molecule has 0 unspecified atom stereocenters. The third-order valence-electron chi connectivity index (χ3n) is 6.68. The molecule has 2 aromatic rings. The van der Waals surface area contributed by atoms with Crippen LogP contribution in [0.2, 0.25) is 5.02 Å². The van der Waals surface area contributed by atoms with E-state index in [0.717, 1.165) is 80.8 Å². The van der Waals surface area contributed by atoms with Gasteiger partial charge in [0.15, 0.2) is 0 Å². The zero-order valence-corrected chi connectivity index (χ0v) is 19.4. The van der Waals surface area contributed by atoms with E-state index in [0.29, 0.717) is 23.0 Å². The van der Waals surface area contributed by atoms with Crippen molar-refractivity contribution in [1.29, 1.82) is 0 Å². The van der Waals surface area contributed by atoms with Gasteiger partial charge in [-0.25, -0.2) is 4.98 Å². The topological polar surface area (TPSA) is 96.2 Å². The summed E-state index contributed by atoms with van der Waals surface area (Å²) in [7, 11) is 0. The van der Waals surface area contributed by atoms with Crippen LogP contribution in [0.4, 0.5) is 11.5 Å². The predicted molar refractivity (Wildman–Crippen MR) is 130 cm³/mol. The Morgan fingerprint density at radius 3 is 2.59 bits per heavy atom. The molecular formula is C24H33ClN6O. The Hall–Kier alpha value is -2.38. The number of pyridine rings is 2. The first-order chi connectivity index (χ1) is 15.5. The molecule has 2 aliphatic rings. The number of anilines is 2. The van der Waals surface area contributed by atoms with Crippen LogP contribution in [-0.2, 0) is 4.79 Å². The minimum atomic E-state index is 0.170. The molecule has 3 heterocycles. The highest BCUT2D eigenvalue weighted by Crippen LogP contribution is 2.31. The standard InChI is InChI=1S/C24H33ClN6O/c1-16(32)31-8-6-17(7-9-31)12-28-21-10-18(13-27-14-21)22-11-24(29-15-23(22)25)30-20-4-2-19(26)3-5-20/h10-11,13-15,17,19-20,28H,2-9,12,26H2,1H3,(H,29,30)/t19-,20-. The van der Waals surface area contributed by atoms with Gasteiger partial charge in [-0.1, -0.05) is 11.6 Å². The van der Waals surface area contributed by atoms with Gasteiger partial charge >= 0.3 is 0 Å². The molecular weight excluding hydrogens is 424 g/mol. The summed E-state index contributed by atoms with van der Waals surface area (Å²) in [5, 5.41) is 7.67. The van der Waals surface area contributed by atoms with Crippen LogP contribution in [0.5, 0.6) is 0 Å². The normalized spacial score (nSPS) is 21.9. The molecule has 2 aromatic heterocycles. The molecule has 1 saturated carbocycles. The number of nitrogens with one attached hydrogen (secondary N) is 2. The molecule has 8 heteroatoms. The predicted octanol–water partition coefficient (Wildman–Crippen LogP) is 4.15. The number of amides is 1. The van der Waals surface area contributed by atoms with Crippen molar-refractivity contribution in [1.82, 2.24) is 14.9 Å². The van der Waals surface area contributed by atoms with E-state index in [1.165, 1.54) is 0 Å². The first-order valence-electron chi connectivity index (χ1n) is 11.6. The Kier molecular flexibility index (Phi) is 7.48. The number of piperidine rings is 1. The minimum absolute atomic E-state index is 0.170. The first-order valence-corrected chi connectivity index (χ1v) is 12.0. The molecule has 0 bridgehead atoms. The number of nitrogens with two attached hydrogens (primary N) is 1. The van der Waals surface area contributed by atoms with E-state index >= 15 is 0 Å². The van der Waals surface area contributed by atoms with Crippen molar-refractivity contribution in [2.24, 2.45) is 11.7 Å². The SMILES string of the molecule is CC(=O)N1CCC(CNc2cncc(-c3cc(N[C@H]4CC[C@H](N)CC4)ncc3Cl)c2)CC1. The summed E-state index contributed by atoms with van der Waals surface area (Å²) in [5.74, 6) is 1.56. The van der Waals surface area contributed by atoms with Gasteiger partial charge in [-0.3, -0.25) is 9.78 Å². The van der Waals surface area contributed by atoms with Crippen LogP contribution < -0.4 is 16.4 Å². The molecule has 0 spiro atoms. The molecule has 1 aliphatic carbocycles. The second-order valence-electron chi connectivity index (χ2n) is 9.10. The molecule has 4 rings (SSSR count). The van der Waals surface area contributed by atoms with Gasteiger partial charge in [-0.05, 0) is 56.6 Å². The molecule has 2 fully saturated rings. The highest BCUT2D eigenvalue weighted by Gasteiger charge is 2.21. The van der Waals surface area contributed by atoms with Gasteiger partial charge in [-0.2, -0.15) is 0 Å². The molecule has 0 radical (unpaired) electrons. The highest BCUT2D eigenvalue weighted by atomic mass is 35.5. The Labute approximate surface area is 195 Å². The Morgan fingerprint density at radius 1 is 1.12 bits per heavy atom. The van der Waals surface area contributed by atoms with Crippen LogP contribution in [0.3, 0.4) is 0 Å². The first kappa shape index (κ1) is 22.8. The summed E-state index contributed by atoms with van der Waals surface area (Å²) in [6, 6.07) is 4.82. The number of hydrogen-bond acceptors (Lipinski definition) is 6. The van der Waals surface area contributed by atoms with Crippen LogP contribution >= 0.6 is 11.6 Å². The lowest BCUT2D eigenvalue weighted by molar-refractivity contribution is -0.130. The second kappa shape index (κ2) is 10.5. The van der Waals surface area contributed by atoms with E-state index in [1.54, 1.807) is 13.1 Å². The van der Waals surface area contributed by atoms with E-state index in [2.05, 4.69) is 26.7 Å². The van der Waals surface area contributed by atoms with E-state index in [9.17, 15) is 4.79 Å². The maximum Gasteiger partial charge on any atom is 0.219 e. The zero-order valence-electron chi connectivity index (χ0n) is 18.7. The summed E-state index contributed by atoms with van der Waals surface area (Å²) >= 11 is 6.50. The fourth-order valence-corrected chi connectivity index (χ4v) is 4.82. The second-order valence-corrected chi connectivity index (χ2v) is 9.51. The number of hydrogen-bond donors (Lipinski definition) is 3. The third-order valence-corrected chi connectivity index (χ3v) is 6.98. The summed E-state index contributed by atoms with van der Waals surface area (Å²) in [5.41, 5.74) is 8.88. The fraction of sp³-hybridized carbons (Fsp3) is 0.542. The molecule has 172 valence electrons. The highest BCUT2D eigenvalue weighted by molar-refractivity contribution is 6.33. The minimum Gasteiger partial charge on any atom is -0.384 e. The van der Waals surface area contributed by atoms with Gasteiger partial charge in [0.2, 0.25) is 5.91 Å². The summed E-state index contributed by atoms with van der Waals surface area (Å²) in [4.78, 5) is 22.3. The summed E-state index contributed by atoms with van der Waals surface area (Å²) < 4.78 is 0. The lowest BCUT2D eigenvalue weighted by Crippen LogP contribution is -2.38. The zero-order chi connectivity index (χ0) is 22.5. The third kappa shape index (κ3) is 5.90. The largest absolute Gasteiger partial charge is 0.384 e. The number of carbonyl (C=O) groups is 1. The van der Waals surface area contributed by atoms with E-state index in [4.69, 9.17) is 17.3 Å². The van der Waals surface area contributed by atoms with Crippen molar-refractivity contribution in [2.75, 3.05) is 30.3 Å². The number of nitrogens with zero attached hydrogens (tertiary/aromatic N) is 3. The number of rotatable bonds is 6. The van der Waals surface area contributed by atoms with Crippen LogP contribution in [0.1, 0.15) is 45.4 Å². The fourth-order valence-electron chi connectivity index (χ4n) is 4.61. The van der Waals surface area contributed by atoms with Gasteiger partial charge < -0.3 is 21.3 Å². The molecule has 1 saturated heterocycles. The average molecular weight is 457 g/mol. The van der Waals surface area contributed by atoms with Crippen molar-refractivity contribution in [3.05, 3.63) is 35.7 Å². The lowest BCUT2D eigenvalue weighted by Gasteiger charge is -2.31. The van der Waals surface area contributed by atoms with E-state index < -0.39 is 0 Å². The van der Waals surface area contributed by atoms with Crippen molar-refractivity contribution in [3.8, 4) is 11.1 Å². The number of halogens is 1. The molecule has 4 N–H and O–H groups in total. The van der Waals surface area contributed by atoms with Gasteiger partial charge in [0, 0.05) is 68.4 Å². The van der Waals surface area contributed by atoms with Crippen LogP contribution in [0.15, 0.2) is 30.7 Å². The monoisotopic (exact) mass is 456 g/mol. The molecule has 0 atom stereocenters. The lowest BCUT2D eigenvalue weighted by atomic mass is 9.92. The van der Waals surface area contributed by atoms with Crippen LogP contribution in [0.25, 0.3) is 11.1 Å². The maximum atomic E-state index is 11.5. The van der Waals surface area contributed by atoms with Gasteiger partial charge in [-0.15, -0.1) is 0 Å². The average Bonchev–Trinajstić information content (AvgIpc) is 2.81. The Balaban J connectivity index is 1.38. The van der Waals surface area contributed by atoms with Crippen molar-refractivity contribution in [2.45, 2.75) is 57.5 Å². The van der Waals surface area contributed by atoms with Crippen LogP contribution in [-0.4, -0.2) is 52.5 Å². The van der Waals surface area contributed by atoms with Gasteiger partial charge in [0.05, 0.1) is 10.7 Å². The maximum absolute atomic E-state index is 11.5. The van der Waals surface area contributed by atoms with Gasteiger partial charge in [0.25, 0.3) is 0 Å². The quantitative estimate of drug-likeness (QED) is 0.604. The summed E-state index contributed by atoms with van der Waals surface area (Å²) in [6.07, 6.45) is 11.6. The van der Waals surface area contributed by atoms with Gasteiger partial charge in [0.1, 0.15) is 5.82 Å². The van der Waals surface area contributed by atoms with Crippen molar-refractivity contribution < 1.29 is 4.79 Å². The number of aromatic nitrogens is 2. The molecule has 32 heavy (non-hydrogen) atoms. The molecule has 7 nitrogen and oxygen atoms in total. The summed E-state index contributed by atoms with van der Waals surface area (Å²) in [6.45, 7) is 4.20. The van der Waals surface area contributed by atoms with Crippen LogP contribution in [0, 0.1) is 5.92 Å². The number of likely N-dealkylation sites (tertiary alicyclic amines) is 1. The Morgan fingerprint density at radius 2 is 1.88 bits per heavy atom. The van der Waals surface area contributed by atoms with Crippen molar-refractivity contribution >= 4 is 29.0 Å². The number of carbonyl (C=O) groups excluding carboxylic acids is 1. The Bertz CT molecular complexity index is 922. The van der Waals surface area contributed by atoms with E-state index in [-0.39, 0.29) is 5.91 Å². The smallest absolute Gasteiger partial charge is 0.219 e. The molecule has 0 aromatic carbocycles. The molecule has 1 amide bonds. The van der Waals surface area contributed by atoms with Crippen molar-refractivity contribution in [3.63, 3.8) is 0 Å². The molecule has 1 aliphatic heterocycles.